The number of imidazole rings is 1. The molecule has 1 aromatic heterocycles. The minimum atomic E-state index is -1.15. The van der Waals surface area contributed by atoms with Crippen molar-refractivity contribution in [3.05, 3.63) is 18.2 Å². The Balaban J connectivity index is 2.98. The lowest BCUT2D eigenvalue weighted by Crippen LogP contribution is -2.26. The van der Waals surface area contributed by atoms with Crippen LogP contribution < -0.4 is 0 Å². The fraction of sp³-hybridized carbons (Fsp3) is 0.556. The molecular formula is C9H14N2O2. The van der Waals surface area contributed by atoms with Crippen molar-refractivity contribution in [2.45, 2.75) is 32.4 Å². The van der Waals surface area contributed by atoms with Crippen LogP contribution in [0.1, 0.15) is 26.1 Å². The summed E-state index contributed by atoms with van der Waals surface area (Å²) < 4.78 is 1.82. The number of hydrogen-bond acceptors (Lipinski definition) is 3. The van der Waals surface area contributed by atoms with Crippen molar-refractivity contribution in [2.24, 2.45) is 0 Å². The number of aliphatic hydroxyl groups is 1. The maximum atomic E-state index is 10.3. The van der Waals surface area contributed by atoms with Crippen LogP contribution in [0.3, 0.4) is 0 Å². The number of aldehydes is 1. The van der Waals surface area contributed by atoms with Crippen molar-refractivity contribution in [3.8, 4) is 0 Å². The predicted molar refractivity (Wildman–Crippen MR) is 48.2 cm³/mol. The van der Waals surface area contributed by atoms with Gasteiger partial charge >= 0.3 is 0 Å². The third-order valence-electron chi connectivity index (χ3n) is 2.02. The number of nitrogens with zero attached hydrogens (tertiary/aromatic N) is 2. The number of carbonyl (C=O) groups is 1. The minimum Gasteiger partial charge on any atom is -0.382 e. The van der Waals surface area contributed by atoms with Gasteiger partial charge in [0.25, 0.3) is 0 Å². The van der Waals surface area contributed by atoms with E-state index in [4.69, 9.17) is 0 Å². The molecule has 1 rings (SSSR count). The molecule has 0 radical (unpaired) electrons. The van der Waals surface area contributed by atoms with Crippen molar-refractivity contribution in [1.82, 2.24) is 9.55 Å². The monoisotopic (exact) mass is 182 g/mol. The van der Waals surface area contributed by atoms with E-state index in [1.54, 1.807) is 19.3 Å². The Morgan fingerprint density at radius 2 is 2.46 bits per heavy atom. The average molecular weight is 182 g/mol. The Bertz CT molecular complexity index is 292. The van der Waals surface area contributed by atoms with Gasteiger partial charge in [-0.2, -0.15) is 0 Å². The van der Waals surface area contributed by atoms with E-state index >= 15 is 0 Å². The summed E-state index contributed by atoms with van der Waals surface area (Å²) in [4.78, 5) is 14.3. The van der Waals surface area contributed by atoms with Gasteiger partial charge in [0.2, 0.25) is 0 Å². The molecule has 0 aliphatic heterocycles. The van der Waals surface area contributed by atoms with Crippen LogP contribution in [-0.2, 0) is 16.9 Å². The van der Waals surface area contributed by atoms with Crippen LogP contribution in [0.5, 0.6) is 0 Å². The summed E-state index contributed by atoms with van der Waals surface area (Å²) in [6.07, 6.45) is 4.19. The highest BCUT2D eigenvalue weighted by molar-refractivity contribution is 5.51. The smallest absolute Gasteiger partial charge is 0.140 e. The highest BCUT2D eigenvalue weighted by atomic mass is 16.3. The van der Waals surface area contributed by atoms with Crippen molar-refractivity contribution in [2.75, 3.05) is 0 Å². The van der Waals surface area contributed by atoms with E-state index in [1.807, 2.05) is 11.5 Å². The van der Waals surface area contributed by atoms with E-state index < -0.39 is 5.60 Å². The van der Waals surface area contributed by atoms with Gasteiger partial charge in [-0.25, -0.2) is 4.98 Å². The standard InChI is InChI=1S/C9H14N2O2/c1-3-11-6-5-10-8(11)9(2,13)4-7-12/h5-7,13H,3-4H2,1-2H3. The molecule has 0 saturated heterocycles. The molecule has 0 aliphatic carbocycles. The Hall–Kier alpha value is -1.16. The molecule has 72 valence electrons. The van der Waals surface area contributed by atoms with Crippen LogP contribution in [0.4, 0.5) is 0 Å². The van der Waals surface area contributed by atoms with Crippen LogP contribution in [0.15, 0.2) is 12.4 Å². The molecule has 0 amide bonds. The number of carbonyl (C=O) groups excluding carboxylic acids is 1. The SMILES string of the molecule is CCn1ccnc1C(C)(O)CC=O. The average Bonchev–Trinajstić information content (AvgIpc) is 2.51. The summed E-state index contributed by atoms with van der Waals surface area (Å²) >= 11 is 0. The Morgan fingerprint density at radius 3 is 3.00 bits per heavy atom. The quantitative estimate of drug-likeness (QED) is 0.697. The summed E-state index contributed by atoms with van der Waals surface area (Å²) in [5.41, 5.74) is -1.15. The van der Waals surface area contributed by atoms with Gasteiger partial charge in [0.15, 0.2) is 0 Å². The zero-order valence-corrected chi connectivity index (χ0v) is 7.90. The molecule has 0 saturated carbocycles. The molecule has 4 nitrogen and oxygen atoms in total. The van der Waals surface area contributed by atoms with E-state index in [1.165, 1.54) is 0 Å². The van der Waals surface area contributed by atoms with Gasteiger partial charge in [0.1, 0.15) is 17.7 Å². The van der Waals surface area contributed by atoms with Gasteiger partial charge in [0, 0.05) is 25.4 Å². The lowest BCUT2D eigenvalue weighted by atomic mass is 10.0. The van der Waals surface area contributed by atoms with Gasteiger partial charge in [-0.1, -0.05) is 0 Å². The zero-order valence-electron chi connectivity index (χ0n) is 7.90. The molecule has 1 N–H and O–H groups in total. The molecule has 0 spiro atoms. The fourth-order valence-corrected chi connectivity index (χ4v) is 1.29. The molecule has 1 aromatic rings. The van der Waals surface area contributed by atoms with E-state index in [2.05, 4.69) is 4.98 Å². The molecule has 0 bridgehead atoms. The second-order valence-corrected chi connectivity index (χ2v) is 3.18. The second kappa shape index (κ2) is 3.70. The Morgan fingerprint density at radius 1 is 1.77 bits per heavy atom. The first-order valence-electron chi connectivity index (χ1n) is 4.29. The topological polar surface area (TPSA) is 55.1 Å². The molecule has 4 heteroatoms. The lowest BCUT2D eigenvalue weighted by Gasteiger charge is -2.20. The normalized spacial score (nSPS) is 15.3. The van der Waals surface area contributed by atoms with Crippen molar-refractivity contribution < 1.29 is 9.90 Å². The van der Waals surface area contributed by atoms with E-state index in [0.717, 1.165) is 6.54 Å². The minimum absolute atomic E-state index is 0.0734. The van der Waals surface area contributed by atoms with Crippen molar-refractivity contribution in [3.63, 3.8) is 0 Å². The van der Waals surface area contributed by atoms with Crippen LogP contribution in [0, 0.1) is 0 Å². The maximum Gasteiger partial charge on any atom is 0.140 e. The second-order valence-electron chi connectivity index (χ2n) is 3.18. The Kier molecular flexibility index (Phi) is 2.83. The number of hydrogen-bond donors (Lipinski definition) is 1. The van der Waals surface area contributed by atoms with Crippen molar-refractivity contribution in [1.29, 1.82) is 0 Å². The largest absolute Gasteiger partial charge is 0.382 e. The first-order chi connectivity index (χ1) is 6.11. The van der Waals surface area contributed by atoms with Gasteiger partial charge in [-0.3, -0.25) is 0 Å². The third-order valence-corrected chi connectivity index (χ3v) is 2.02. The summed E-state index contributed by atoms with van der Waals surface area (Å²) in [7, 11) is 0. The molecule has 0 fully saturated rings. The molecule has 13 heavy (non-hydrogen) atoms. The summed E-state index contributed by atoms with van der Waals surface area (Å²) in [5, 5.41) is 9.87. The molecule has 1 heterocycles. The number of rotatable bonds is 4. The first kappa shape index (κ1) is 9.92. The highest BCUT2D eigenvalue weighted by Gasteiger charge is 2.27. The third kappa shape index (κ3) is 1.95. The molecule has 1 unspecified atom stereocenters. The number of aromatic nitrogens is 2. The lowest BCUT2D eigenvalue weighted by molar-refractivity contribution is -0.112. The molecule has 0 aromatic carbocycles. The Labute approximate surface area is 77.2 Å². The maximum absolute atomic E-state index is 10.3. The first-order valence-corrected chi connectivity index (χ1v) is 4.29. The van der Waals surface area contributed by atoms with Crippen LogP contribution in [0.25, 0.3) is 0 Å². The molecule has 1 atom stereocenters. The number of aryl methyl sites for hydroxylation is 1. The molecular weight excluding hydrogens is 168 g/mol. The summed E-state index contributed by atoms with van der Waals surface area (Å²) in [6.45, 7) is 4.29. The van der Waals surface area contributed by atoms with Gasteiger partial charge in [0.05, 0.1) is 0 Å². The van der Waals surface area contributed by atoms with E-state index in [-0.39, 0.29) is 6.42 Å². The predicted octanol–water partition coefficient (Wildman–Crippen LogP) is 0.700. The van der Waals surface area contributed by atoms with Gasteiger partial charge in [-0.05, 0) is 13.8 Å². The fourth-order valence-electron chi connectivity index (χ4n) is 1.29. The van der Waals surface area contributed by atoms with Crippen LogP contribution in [-0.4, -0.2) is 20.9 Å². The van der Waals surface area contributed by atoms with Crippen molar-refractivity contribution >= 4 is 6.29 Å². The zero-order chi connectivity index (χ0) is 9.90. The van der Waals surface area contributed by atoms with Crippen LogP contribution in [0.2, 0.25) is 0 Å². The van der Waals surface area contributed by atoms with Gasteiger partial charge < -0.3 is 14.5 Å². The van der Waals surface area contributed by atoms with E-state index in [9.17, 15) is 9.90 Å². The summed E-state index contributed by atoms with van der Waals surface area (Å²) in [5.74, 6) is 0.544. The highest BCUT2D eigenvalue weighted by Crippen LogP contribution is 2.21. The summed E-state index contributed by atoms with van der Waals surface area (Å²) in [6, 6.07) is 0. The van der Waals surface area contributed by atoms with E-state index in [0.29, 0.717) is 12.1 Å². The van der Waals surface area contributed by atoms with Crippen LogP contribution >= 0.6 is 0 Å². The molecule has 0 aliphatic rings. The van der Waals surface area contributed by atoms with Gasteiger partial charge in [-0.15, -0.1) is 0 Å².